The summed E-state index contributed by atoms with van der Waals surface area (Å²) in [6, 6.07) is 12.5. The molecule has 0 spiro atoms. The number of para-hydroxylation sites is 2. The van der Waals surface area contributed by atoms with E-state index in [1.165, 1.54) is 0 Å². The maximum atomic E-state index is 13.6. The number of nitrogens with one attached hydrogen (secondary N) is 2. The predicted molar refractivity (Wildman–Crippen MR) is 118 cm³/mol. The van der Waals surface area contributed by atoms with Crippen molar-refractivity contribution in [3.63, 3.8) is 0 Å². The highest BCUT2D eigenvalue weighted by Crippen LogP contribution is 2.40. The van der Waals surface area contributed by atoms with Gasteiger partial charge >= 0.3 is 0 Å². The highest BCUT2D eigenvalue weighted by atomic mass is 16.7. The first-order chi connectivity index (χ1) is 15.6. The van der Waals surface area contributed by atoms with Gasteiger partial charge in [-0.25, -0.2) is 4.68 Å². The first kappa shape index (κ1) is 19.9. The van der Waals surface area contributed by atoms with E-state index in [1.54, 1.807) is 23.9 Å². The highest BCUT2D eigenvalue weighted by Gasteiger charge is 2.35. The summed E-state index contributed by atoms with van der Waals surface area (Å²) in [7, 11) is 1.57. The van der Waals surface area contributed by atoms with Crippen molar-refractivity contribution in [3.05, 3.63) is 65.1 Å². The molecule has 5 rings (SSSR count). The fourth-order valence-electron chi connectivity index (χ4n) is 3.97. The van der Waals surface area contributed by atoms with Crippen molar-refractivity contribution in [1.82, 2.24) is 14.8 Å². The van der Waals surface area contributed by atoms with Crippen molar-refractivity contribution in [2.75, 3.05) is 24.5 Å². The number of rotatable bonds is 5. The second-order valence-electron chi connectivity index (χ2n) is 7.48. The minimum Gasteiger partial charge on any atom is -0.495 e. The van der Waals surface area contributed by atoms with Crippen LogP contribution < -0.4 is 24.8 Å². The minimum absolute atomic E-state index is 0.176. The van der Waals surface area contributed by atoms with Gasteiger partial charge in [0.15, 0.2) is 17.3 Å². The number of anilines is 2. The Labute approximate surface area is 185 Å². The minimum atomic E-state index is -0.497. The normalized spacial score (nSPS) is 16.4. The van der Waals surface area contributed by atoms with Gasteiger partial charge in [0, 0.05) is 12.1 Å². The molecule has 0 saturated heterocycles. The maximum absolute atomic E-state index is 13.6. The molecule has 1 aromatic heterocycles. The van der Waals surface area contributed by atoms with Crippen LogP contribution >= 0.6 is 0 Å². The number of hydrogen-bond donors (Lipinski definition) is 2. The molecule has 2 aromatic carbocycles. The number of hydrogen-bond acceptors (Lipinski definition) is 7. The molecule has 1 amide bonds. The molecule has 0 saturated carbocycles. The van der Waals surface area contributed by atoms with E-state index in [0.29, 0.717) is 52.4 Å². The molecular formula is C23H23N5O4. The Bertz CT molecular complexity index is 1230. The molecule has 0 radical (unpaired) electrons. The Kier molecular flexibility index (Phi) is 4.93. The van der Waals surface area contributed by atoms with Crippen molar-refractivity contribution >= 4 is 17.5 Å². The largest absolute Gasteiger partial charge is 0.495 e. The fraction of sp³-hybridized carbons (Fsp3) is 0.261. The SMILES string of the molecule is CCc1nc2n(n1)[C@H](c1ccc3c(c1)OCO3)C(C(=O)Nc1ccccc1OC)=C(C)N2. The molecule has 0 bridgehead atoms. The smallest absolute Gasteiger partial charge is 0.255 e. The number of aryl methyl sites for hydroxylation is 1. The van der Waals surface area contributed by atoms with Crippen LogP contribution in [0.25, 0.3) is 0 Å². The van der Waals surface area contributed by atoms with Crippen LogP contribution in [0.4, 0.5) is 11.6 Å². The number of carbonyl (C=O) groups excluding carboxylic acids is 1. The summed E-state index contributed by atoms with van der Waals surface area (Å²) in [4.78, 5) is 18.1. The van der Waals surface area contributed by atoms with E-state index < -0.39 is 6.04 Å². The summed E-state index contributed by atoms with van der Waals surface area (Å²) in [6.45, 7) is 4.03. The van der Waals surface area contributed by atoms with Crippen molar-refractivity contribution < 1.29 is 19.0 Å². The van der Waals surface area contributed by atoms with Crippen LogP contribution in [0.3, 0.4) is 0 Å². The lowest BCUT2D eigenvalue weighted by Crippen LogP contribution is -2.31. The van der Waals surface area contributed by atoms with E-state index >= 15 is 0 Å². The van der Waals surface area contributed by atoms with E-state index in [2.05, 4.69) is 20.7 Å². The molecule has 164 valence electrons. The van der Waals surface area contributed by atoms with Gasteiger partial charge in [-0.3, -0.25) is 4.79 Å². The number of carbonyl (C=O) groups is 1. The van der Waals surface area contributed by atoms with Crippen LogP contribution in [0, 0.1) is 0 Å². The lowest BCUT2D eigenvalue weighted by atomic mass is 9.94. The number of aromatic nitrogens is 3. The summed E-state index contributed by atoms with van der Waals surface area (Å²) < 4.78 is 18.2. The number of ether oxygens (including phenoxy) is 3. The zero-order valence-corrected chi connectivity index (χ0v) is 18.0. The number of nitrogens with zero attached hydrogens (tertiary/aromatic N) is 3. The summed E-state index contributed by atoms with van der Waals surface area (Å²) in [5, 5.41) is 10.9. The lowest BCUT2D eigenvalue weighted by molar-refractivity contribution is -0.113. The molecule has 3 heterocycles. The van der Waals surface area contributed by atoms with Gasteiger partial charge in [0.25, 0.3) is 5.91 Å². The molecule has 9 heteroatoms. The van der Waals surface area contributed by atoms with E-state index in [4.69, 9.17) is 14.2 Å². The van der Waals surface area contributed by atoms with Gasteiger partial charge < -0.3 is 24.8 Å². The third-order valence-electron chi connectivity index (χ3n) is 5.52. The fourth-order valence-corrected chi connectivity index (χ4v) is 3.97. The van der Waals surface area contributed by atoms with Gasteiger partial charge in [0.1, 0.15) is 11.8 Å². The number of fused-ring (bicyclic) bond motifs is 2. The van der Waals surface area contributed by atoms with E-state index in [1.807, 2.05) is 44.2 Å². The average molecular weight is 433 g/mol. The molecule has 1 atom stereocenters. The van der Waals surface area contributed by atoms with Crippen LogP contribution in [0.5, 0.6) is 17.2 Å². The number of methoxy groups -OCH3 is 1. The van der Waals surface area contributed by atoms with Gasteiger partial charge in [-0.1, -0.05) is 25.1 Å². The molecule has 2 aliphatic rings. The van der Waals surface area contributed by atoms with Crippen LogP contribution in [0.15, 0.2) is 53.7 Å². The first-order valence-electron chi connectivity index (χ1n) is 10.4. The van der Waals surface area contributed by atoms with Crippen LogP contribution in [0.2, 0.25) is 0 Å². The molecule has 0 aliphatic carbocycles. The van der Waals surface area contributed by atoms with Crippen molar-refractivity contribution in [2.45, 2.75) is 26.3 Å². The molecule has 3 aromatic rings. The Morgan fingerprint density at radius 1 is 1.25 bits per heavy atom. The predicted octanol–water partition coefficient (Wildman–Crippen LogP) is 3.51. The van der Waals surface area contributed by atoms with Crippen molar-refractivity contribution in [3.8, 4) is 17.2 Å². The van der Waals surface area contributed by atoms with E-state index in [9.17, 15) is 4.79 Å². The molecular weight excluding hydrogens is 410 g/mol. The second kappa shape index (κ2) is 7.92. The molecule has 0 unspecified atom stereocenters. The summed E-state index contributed by atoms with van der Waals surface area (Å²) >= 11 is 0. The summed E-state index contributed by atoms with van der Waals surface area (Å²) in [5.74, 6) is 2.92. The Hall–Kier alpha value is -4.01. The molecule has 32 heavy (non-hydrogen) atoms. The van der Waals surface area contributed by atoms with Crippen molar-refractivity contribution in [1.29, 1.82) is 0 Å². The first-order valence-corrected chi connectivity index (χ1v) is 10.4. The molecule has 0 fully saturated rings. The lowest BCUT2D eigenvalue weighted by Gasteiger charge is -2.29. The maximum Gasteiger partial charge on any atom is 0.255 e. The van der Waals surface area contributed by atoms with Gasteiger partial charge in [-0.2, -0.15) is 10.1 Å². The number of benzene rings is 2. The third kappa shape index (κ3) is 3.31. The quantitative estimate of drug-likeness (QED) is 0.635. The average Bonchev–Trinajstić information content (AvgIpc) is 3.44. The van der Waals surface area contributed by atoms with E-state index in [-0.39, 0.29) is 12.7 Å². The van der Waals surface area contributed by atoms with E-state index in [0.717, 1.165) is 5.56 Å². The van der Waals surface area contributed by atoms with Crippen LogP contribution in [-0.4, -0.2) is 34.6 Å². The number of allylic oxidation sites excluding steroid dienone is 1. The van der Waals surface area contributed by atoms with Crippen LogP contribution in [-0.2, 0) is 11.2 Å². The van der Waals surface area contributed by atoms with Gasteiger partial charge in [-0.05, 0) is 36.8 Å². The van der Waals surface area contributed by atoms with Crippen molar-refractivity contribution in [2.24, 2.45) is 0 Å². The molecule has 2 N–H and O–H groups in total. The Balaban J connectivity index is 1.59. The highest BCUT2D eigenvalue weighted by molar-refractivity contribution is 6.06. The second-order valence-corrected chi connectivity index (χ2v) is 7.48. The zero-order chi connectivity index (χ0) is 22.2. The zero-order valence-electron chi connectivity index (χ0n) is 18.0. The standard InChI is InChI=1S/C23H23N5O4/c1-4-19-26-23-24-13(2)20(22(29)25-15-7-5-6-8-16(15)30-3)21(28(23)27-19)14-9-10-17-18(11-14)32-12-31-17/h5-11,21H,4,12H2,1-3H3,(H,25,29)(H,24,26,27)/t21-/m1/s1. The van der Waals surface area contributed by atoms with Gasteiger partial charge in [0.2, 0.25) is 12.7 Å². The van der Waals surface area contributed by atoms with Crippen LogP contribution in [0.1, 0.15) is 31.3 Å². The molecule has 9 nitrogen and oxygen atoms in total. The third-order valence-corrected chi connectivity index (χ3v) is 5.52. The summed E-state index contributed by atoms with van der Waals surface area (Å²) in [6.07, 6.45) is 0.678. The Morgan fingerprint density at radius 3 is 2.88 bits per heavy atom. The summed E-state index contributed by atoms with van der Waals surface area (Å²) in [5.41, 5.74) is 2.65. The Morgan fingerprint density at radius 2 is 2.06 bits per heavy atom. The van der Waals surface area contributed by atoms with Gasteiger partial charge in [0.05, 0.1) is 18.4 Å². The topological polar surface area (TPSA) is 99.5 Å². The molecule has 2 aliphatic heterocycles. The number of amides is 1. The van der Waals surface area contributed by atoms with Gasteiger partial charge in [-0.15, -0.1) is 0 Å². The monoisotopic (exact) mass is 433 g/mol.